The lowest BCUT2D eigenvalue weighted by atomic mass is 10.1. The molecule has 0 fully saturated rings. The second-order valence-electron chi connectivity index (χ2n) is 5.88. The molecule has 2 amide bonds. The first-order valence-electron chi connectivity index (χ1n) is 8.49. The van der Waals surface area contributed by atoms with Gasteiger partial charge in [-0.2, -0.15) is 11.8 Å². The summed E-state index contributed by atoms with van der Waals surface area (Å²) in [6, 6.07) is 13.5. The molecule has 0 aliphatic heterocycles. The van der Waals surface area contributed by atoms with Gasteiger partial charge >= 0.3 is 0 Å². The van der Waals surface area contributed by atoms with Crippen LogP contribution in [0, 0.1) is 0 Å². The molecule has 2 aromatic rings. The van der Waals surface area contributed by atoms with Crippen molar-refractivity contribution in [3.8, 4) is 5.75 Å². The van der Waals surface area contributed by atoms with Crippen LogP contribution in [0.25, 0.3) is 0 Å². The number of amides is 2. The molecule has 27 heavy (non-hydrogen) atoms. The largest absolute Gasteiger partial charge is 0.497 e. The van der Waals surface area contributed by atoms with Crippen LogP contribution in [-0.2, 0) is 11.3 Å². The van der Waals surface area contributed by atoms with E-state index in [1.807, 2.05) is 18.4 Å². The summed E-state index contributed by atoms with van der Waals surface area (Å²) in [4.78, 5) is 25.1. The lowest BCUT2D eigenvalue weighted by Gasteiger charge is -2.18. The van der Waals surface area contributed by atoms with Crippen LogP contribution in [0.4, 0.5) is 0 Å². The van der Waals surface area contributed by atoms with Gasteiger partial charge in [-0.05, 0) is 60.4 Å². The number of methoxy groups -OCH3 is 1. The van der Waals surface area contributed by atoms with Crippen molar-refractivity contribution in [3.63, 3.8) is 0 Å². The molecule has 0 aliphatic rings. The van der Waals surface area contributed by atoms with Crippen LogP contribution in [0.5, 0.6) is 5.75 Å². The number of rotatable bonds is 9. The summed E-state index contributed by atoms with van der Waals surface area (Å²) < 4.78 is 5.10. The predicted molar refractivity (Wildman–Crippen MR) is 111 cm³/mol. The Labute approximate surface area is 168 Å². The third-order valence-corrected chi connectivity index (χ3v) is 4.82. The average Bonchev–Trinajstić information content (AvgIpc) is 2.69. The maximum atomic E-state index is 12.6. The first kappa shape index (κ1) is 21.1. The first-order valence-corrected chi connectivity index (χ1v) is 10.3. The molecular weight excluding hydrogens is 384 g/mol. The third kappa shape index (κ3) is 6.81. The Hall–Kier alpha value is -2.18. The number of hydrogen-bond donors (Lipinski definition) is 2. The van der Waals surface area contributed by atoms with E-state index < -0.39 is 6.04 Å². The summed E-state index contributed by atoms with van der Waals surface area (Å²) in [5.41, 5.74) is 1.38. The lowest BCUT2D eigenvalue weighted by Crippen LogP contribution is -2.46. The number of carbonyl (C=O) groups excluding carboxylic acids is 2. The zero-order valence-electron chi connectivity index (χ0n) is 15.3. The average molecular weight is 407 g/mol. The maximum Gasteiger partial charge on any atom is 0.251 e. The van der Waals surface area contributed by atoms with E-state index in [-0.39, 0.29) is 11.8 Å². The second-order valence-corrected chi connectivity index (χ2v) is 7.31. The van der Waals surface area contributed by atoms with E-state index in [1.165, 1.54) is 0 Å². The van der Waals surface area contributed by atoms with Gasteiger partial charge in [0.2, 0.25) is 5.91 Å². The summed E-state index contributed by atoms with van der Waals surface area (Å²) in [6.45, 7) is 0.355. The molecule has 0 saturated heterocycles. The molecule has 0 aliphatic carbocycles. The van der Waals surface area contributed by atoms with E-state index in [0.29, 0.717) is 29.3 Å². The standard InChI is InChI=1S/C20H23ClN2O3S/c1-26-17-8-6-15(7-9-17)19(24)23-18(10-11-27-2)20(25)22-13-14-4-3-5-16(21)12-14/h3-9,12,18H,10-11,13H2,1-2H3,(H,22,25)(H,23,24)/t18-/m1/s1. The summed E-state index contributed by atoms with van der Waals surface area (Å²) in [6.07, 6.45) is 2.51. The fraction of sp³-hybridized carbons (Fsp3) is 0.300. The van der Waals surface area contributed by atoms with Crippen LogP contribution in [0.15, 0.2) is 48.5 Å². The molecule has 0 saturated carbocycles. The van der Waals surface area contributed by atoms with Crippen molar-refractivity contribution in [3.05, 3.63) is 64.7 Å². The number of halogens is 1. The molecule has 2 aromatic carbocycles. The summed E-state index contributed by atoms with van der Waals surface area (Å²) in [7, 11) is 1.57. The molecule has 5 nitrogen and oxygen atoms in total. The van der Waals surface area contributed by atoms with Crippen molar-refractivity contribution in [1.29, 1.82) is 0 Å². The van der Waals surface area contributed by atoms with Gasteiger partial charge in [-0.15, -0.1) is 0 Å². The Morgan fingerprint density at radius 2 is 1.93 bits per heavy atom. The van der Waals surface area contributed by atoms with Crippen LogP contribution in [0.3, 0.4) is 0 Å². The van der Waals surface area contributed by atoms with Crippen molar-refractivity contribution in [1.82, 2.24) is 10.6 Å². The Bertz CT molecular complexity index is 768. The summed E-state index contributed by atoms with van der Waals surface area (Å²) in [5.74, 6) is 0.926. The number of carbonyl (C=O) groups is 2. The van der Waals surface area contributed by atoms with Gasteiger partial charge in [0.1, 0.15) is 11.8 Å². The van der Waals surface area contributed by atoms with Gasteiger partial charge in [0.15, 0.2) is 0 Å². The van der Waals surface area contributed by atoms with E-state index >= 15 is 0 Å². The van der Waals surface area contributed by atoms with E-state index in [1.54, 1.807) is 55.3 Å². The fourth-order valence-electron chi connectivity index (χ4n) is 2.45. The van der Waals surface area contributed by atoms with Gasteiger partial charge in [0.05, 0.1) is 7.11 Å². The Morgan fingerprint density at radius 1 is 1.19 bits per heavy atom. The molecule has 1 atom stereocenters. The number of thioether (sulfide) groups is 1. The molecule has 0 radical (unpaired) electrons. The number of hydrogen-bond acceptors (Lipinski definition) is 4. The molecule has 2 rings (SSSR count). The van der Waals surface area contributed by atoms with Crippen molar-refractivity contribution >= 4 is 35.2 Å². The van der Waals surface area contributed by atoms with Crippen molar-refractivity contribution in [2.45, 2.75) is 19.0 Å². The van der Waals surface area contributed by atoms with Gasteiger partial charge in [-0.1, -0.05) is 23.7 Å². The van der Waals surface area contributed by atoms with Crippen molar-refractivity contribution in [2.24, 2.45) is 0 Å². The minimum atomic E-state index is -0.605. The Morgan fingerprint density at radius 3 is 2.56 bits per heavy atom. The van der Waals surface area contributed by atoms with Crippen molar-refractivity contribution < 1.29 is 14.3 Å². The van der Waals surface area contributed by atoms with Gasteiger partial charge in [-0.25, -0.2) is 0 Å². The number of benzene rings is 2. The second kappa shape index (κ2) is 10.8. The monoisotopic (exact) mass is 406 g/mol. The molecule has 0 spiro atoms. The molecule has 0 bridgehead atoms. The van der Waals surface area contributed by atoms with Crippen LogP contribution < -0.4 is 15.4 Å². The van der Waals surface area contributed by atoms with Crippen molar-refractivity contribution in [2.75, 3.05) is 19.1 Å². The van der Waals surface area contributed by atoms with Crippen LogP contribution >= 0.6 is 23.4 Å². The van der Waals surface area contributed by atoms with E-state index in [9.17, 15) is 9.59 Å². The number of ether oxygens (including phenoxy) is 1. The molecule has 0 heterocycles. The van der Waals surface area contributed by atoms with Gasteiger partial charge in [0, 0.05) is 17.1 Å². The van der Waals surface area contributed by atoms with Gasteiger partial charge < -0.3 is 15.4 Å². The molecule has 2 N–H and O–H groups in total. The van der Waals surface area contributed by atoms with E-state index in [0.717, 1.165) is 11.3 Å². The van der Waals surface area contributed by atoms with E-state index in [4.69, 9.17) is 16.3 Å². The quantitative estimate of drug-likeness (QED) is 0.668. The predicted octanol–water partition coefficient (Wildman–Crippen LogP) is 3.52. The Kier molecular flexibility index (Phi) is 8.48. The topological polar surface area (TPSA) is 67.4 Å². The molecule has 7 heteroatoms. The normalized spacial score (nSPS) is 11.5. The number of nitrogens with one attached hydrogen (secondary N) is 2. The van der Waals surface area contributed by atoms with Gasteiger partial charge in [0.25, 0.3) is 5.91 Å². The van der Waals surface area contributed by atoms with Crippen LogP contribution in [0.1, 0.15) is 22.3 Å². The maximum absolute atomic E-state index is 12.6. The highest BCUT2D eigenvalue weighted by Gasteiger charge is 2.21. The fourth-order valence-corrected chi connectivity index (χ4v) is 3.13. The molecule has 0 aromatic heterocycles. The molecule has 144 valence electrons. The van der Waals surface area contributed by atoms with E-state index in [2.05, 4.69) is 10.6 Å². The van der Waals surface area contributed by atoms with Crippen LogP contribution in [-0.4, -0.2) is 37.0 Å². The third-order valence-electron chi connectivity index (χ3n) is 3.94. The minimum Gasteiger partial charge on any atom is -0.497 e. The minimum absolute atomic E-state index is 0.217. The van der Waals surface area contributed by atoms with Gasteiger partial charge in [-0.3, -0.25) is 9.59 Å². The molecular formula is C20H23ClN2O3S. The highest BCUT2D eigenvalue weighted by Crippen LogP contribution is 2.13. The summed E-state index contributed by atoms with van der Waals surface area (Å²) >= 11 is 7.59. The smallest absolute Gasteiger partial charge is 0.251 e. The highest BCUT2D eigenvalue weighted by molar-refractivity contribution is 7.98. The lowest BCUT2D eigenvalue weighted by molar-refractivity contribution is -0.123. The van der Waals surface area contributed by atoms with Crippen LogP contribution in [0.2, 0.25) is 5.02 Å². The highest BCUT2D eigenvalue weighted by atomic mass is 35.5. The zero-order valence-corrected chi connectivity index (χ0v) is 16.9. The SMILES string of the molecule is COc1ccc(C(=O)N[C@H](CCSC)C(=O)NCc2cccc(Cl)c2)cc1. The molecule has 0 unspecified atom stereocenters. The summed E-state index contributed by atoms with van der Waals surface area (Å²) in [5, 5.41) is 6.31. The Balaban J connectivity index is 1.99. The zero-order chi connectivity index (χ0) is 19.6. The first-order chi connectivity index (χ1) is 13.0.